The summed E-state index contributed by atoms with van der Waals surface area (Å²) in [6.45, 7) is 6.19. The van der Waals surface area contributed by atoms with Crippen molar-refractivity contribution in [3.8, 4) is 11.1 Å². The van der Waals surface area contributed by atoms with Gasteiger partial charge in [-0.3, -0.25) is 19.5 Å². The largest absolute Gasteiger partial charge is 0.381 e. The number of amides is 2. The average molecular weight is 507 g/mol. The Morgan fingerprint density at radius 3 is 2.76 bits per heavy atom. The Morgan fingerprint density at radius 2 is 2.00 bits per heavy atom. The lowest BCUT2D eigenvalue weighted by atomic mass is 9.78. The van der Waals surface area contributed by atoms with Crippen LogP contribution in [0.3, 0.4) is 0 Å². The predicted octanol–water partition coefficient (Wildman–Crippen LogP) is 5.30. The van der Waals surface area contributed by atoms with Crippen molar-refractivity contribution < 1.29 is 23.1 Å². The molecule has 0 unspecified atom stereocenters. The number of aryl methyl sites for hydroxylation is 1. The van der Waals surface area contributed by atoms with Crippen LogP contribution < -0.4 is 10.2 Å². The summed E-state index contributed by atoms with van der Waals surface area (Å²) in [7, 11) is 0. The number of nitrogens with one attached hydrogen (secondary N) is 1. The molecule has 0 bridgehead atoms. The van der Waals surface area contributed by atoms with Crippen LogP contribution in [0.4, 0.5) is 20.3 Å². The molecule has 0 aliphatic carbocycles. The smallest absolute Gasteiger partial charge is 0.286 e. The number of halogens is 2. The SMILES string of the molecule is CCN1C(=O)[C@@H]2COCC[C@H]2c2cc(-c3cc(NC(=O)c4ccnc(C(C)(F)F)c4)ccc3C)cnc21. The molecule has 0 saturated carbocycles. The highest BCUT2D eigenvalue weighted by molar-refractivity contribution is 6.04. The summed E-state index contributed by atoms with van der Waals surface area (Å²) >= 11 is 0. The molecule has 4 heterocycles. The maximum absolute atomic E-state index is 13.7. The molecule has 2 aliphatic heterocycles. The Bertz CT molecular complexity index is 1370. The second-order valence-corrected chi connectivity index (χ2v) is 9.60. The topological polar surface area (TPSA) is 84.4 Å². The molecule has 2 aromatic heterocycles. The van der Waals surface area contributed by atoms with Gasteiger partial charge in [-0.1, -0.05) is 6.07 Å². The van der Waals surface area contributed by atoms with E-state index in [-0.39, 0.29) is 23.3 Å². The van der Waals surface area contributed by atoms with Gasteiger partial charge in [0.1, 0.15) is 11.5 Å². The van der Waals surface area contributed by atoms with Crippen molar-refractivity contribution in [2.24, 2.45) is 5.92 Å². The third kappa shape index (κ3) is 4.71. The van der Waals surface area contributed by atoms with Crippen molar-refractivity contribution in [1.82, 2.24) is 9.97 Å². The first-order valence-electron chi connectivity index (χ1n) is 12.3. The van der Waals surface area contributed by atoms with E-state index in [9.17, 15) is 18.4 Å². The summed E-state index contributed by atoms with van der Waals surface area (Å²) in [6.07, 6.45) is 3.71. The average Bonchev–Trinajstić information content (AvgIpc) is 2.89. The number of benzene rings is 1. The molecule has 7 nitrogen and oxygen atoms in total. The number of fused-ring (bicyclic) bond motifs is 3. The third-order valence-corrected chi connectivity index (χ3v) is 7.08. The maximum Gasteiger partial charge on any atom is 0.286 e. The maximum atomic E-state index is 13.7. The Kier molecular flexibility index (Phi) is 6.49. The summed E-state index contributed by atoms with van der Waals surface area (Å²) in [5.74, 6) is -3.07. The zero-order chi connectivity index (χ0) is 26.3. The number of aromatic nitrogens is 2. The second-order valence-electron chi connectivity index (χ2n) is 9.60. The minimum atomic E-state index is -3.14. The Balaban J connectivity index is 1.47. The number of hydrogen-bond donors (Lipinski definition) is 1. The van der Waals surface area contributed by atoms with Crippen LogP contribution in [0.5, 0.6) is 0 Å². The van der Waals surface area contributed by atoms with Gasteiger partial charge in [-0.05, 0) is 67.3 Å². The highest BCUT2D eigenvalue weighted by Crippen LogP contribution is 2.44. The molecule has 2 atom stereocenters. The number of carbonyl (C=O) groups excluding carboxylic acids is 2. The van der Waals surface area contributed by atoms with E-state index >= 15 is 0 Å². The van der Waals surface area contributed by atoms with E-state index in [2.05, 4.69) is 16.4 Å². The van der Waals surface area contributed by atoms with E-state index in [0.29, 0.717) is 31.3 Å². The number of hydrogen-bond acceptors (Lipinski definition) is 5. The lowest BCUT2D eigenvalue weighted by Crippen LogP contribution is -2.47. The highest BCUT2D eigenvalue weighted by atomic mass is 19.3. The number of pyridine rings is 2. The van der Waals surface area contributed by atoms with Crippen LogP contribution >= 0.6 is 0 Å². The lowest BCUT2D eigenvalue weighted by Gasteiger charge is -2.40. The Labute approximate surface area is 213 Å². The molecule has 0 radical (unpaired) electrons. The highest BCUT2D eigenvalue weighted by Gasteiger charge is 2.42. The van der Waals surface area contributed by atoms with Gasteiger partial charge < -0.3 is 10.1 Å². The predicted molar refractivity (Wildman–Crippen MR) is 136 cm³/mol. The van der Waals surface area contributed by atoms with Gasteiger partial charge in [-0.2, -0.15) is 8.78 Å². The molecule has 5 rings (SSSR count). The summed E-state index contributed by atoms with van der Waals surface area (Å²) < 4.78 is 33.0. The van der Waals surface area contributed by atoms with Crippen LogP contribution in [0.1, 0.15) is 53.4 Å². The quantitative estimate of drug-likeness (QED) is 0.508. The van der Waals surface area contributed by atoms with Crippen molar-refractivity contribution >= 4 is 23.3 Å². The van der Waals surface area contributed by atoms with Gasteiger partial charge in [0.25, 0.3) is 11.8 Å². The van der Waals surface area contributed by atoms with E-state index in [1.165, 1.54) is 12.3 Å². The molecule has 1 aromatic carbocycles. The number of nitrogens with zero attached hydrogens (tertiary/aromatic N) is 3. The van der Waals surface area contributed by atoms with Gasteiger partial charge in [0, 0.05) is 55.2 Å². The summed E-state index contributed by atoms with van der Waals surface area (Å²) in [5, 5.41) is 2.80. The fraction of sp³-hybridized carbons (Fsp3) is 0.357. The van der Waals surface area contributed by atoms with Gasteiger partial charge >= 0.3 is 0 Å². The lowest BCUT2D eigenvalue weighted by molar-refractivity contribution is -0.128. The van der Waals surface area contributed by atoms with Gasteiger partial charge in [0.2, 0.25) is 5.91 Å². The van der Waals surface area contributed by atoms with Crippen molar-refractivity contribution in [3.63, 3.8) is 0 Å². The van der Waals surface area contributed by atoms with Crippen LogP contribution in [0, 0.1) is 12.8 Å². The molecule has 1 saturated heterocycles. The molecule has 1 fully saturated rings. The summed E-state index contributed by atoms with van der Waals surface area (Å²) in [4.78, 5) is 36.0. The number of rotatable bonds is 5. The van der Waals surface area contributed by atoms with Crippen molar-refractivity contribution in [3.05, 3.63) is 71.2 Å². The molecule has 1 N–H and O–H groups in total. The molecule has 3 aromatic rings. The van der Waals surface area contributed by atoms with Crippen molar-refractivity contribution in [1.29, 1.82) is 0 Å². The van der Waals surface area contributed by atoms with Gasteiger partial charge in [-0.15, -0.1) is 0 Å². The molecule has 192 valence electrons. The number of anilines is 2. The van der Waals surface area contributed by atoms with E-state index in [0.717, 1.165) is 41.7 Å². The Morgan fingerprint density at radius 1 is 1.19 bits per heavy atom. The minimum Gasteiger partial charge on any atom is -0.381 e. The van der Waals surface area contributed by atoms with Crippen molar-refractivity contribution in [2.45, 2.75) is 39.0 Å². The summed E-state index contributed by atoms with van der Waals surface area (Å²) in [5.41, 5.74) is 3.94. The first kappa shape index (κ1) is 25.0. The molecule has 2 aliphatic rings. The zero-order valence-electron chi connectivity index (χ0n) is 20.9. The van der Waals surface area contributed by atoms with E-state index < -0.39 is 17.5 Å². The zero-order valence-corrected chi connectivity index (χ0v) is 20.9. The fourth-order valence-corrected chi connectivity index (χ4v) is 5.11. The minimum absolute atomic E-state index is 0.0484. The standard InChI is InChI=1S/C28H28F2N4O3/c1-4-34-25-22(20-8-10-37-15-23(20)27(34)36)11-18(14-32-25)21-13-19(6-5-16(21)2)33-26(35)17-7-9-31-24(12-17)28(3,29)30/h5-7,9,11-14,20,23H,4,8,10,15H2,1-3H3,(H,33,35)/t20-,23+/m0/s1. The summed E-state index contributed by atoms with van der Waals surface area (Å²) in [6, 6.07) is 10.1. The number of ether oxygens (including phenoxy) is 1. The number of carbonyl (C=O) groups is 2. The monoisotopic (exact) mass is 506 g/mol. The Hall–Kier alpha value is -3.72. The third-order valence-electron chi connectivity index (χ3n) is 7.08. The van der Waals surface area contributed by atoms with Crippen LogP contribution in [-0.2, 0) is 15.5 Å². The van der Waals surface area contributed by atoms with Crippen molar-refractivity contribution in [2.75, 3.05) is 30.0 Å². The van der Waals surface area contributed by atoms with E-state index in [1.807, 2.05) is 26.0 Å². The van der Waals surface area contributed by atoms with Gasteiger partial charge in [0.05, 0.1) is 12.5 Å². The molecule has 2 amide bonds. The van der Waals surface area contributed by atoms with Gasteiger partial charge in [0.15, 0.2) is 0 Å². The molecule has 9 heteroatoms. The molecular formula is C28H28F2N4O3. The molecular weight excluding hydrogens is 478 g/mol. The normalized spacial score (nSPS) is 19.3. The van der Waals surface area contributed by atoms with Gasteiger partial charge in [-0.25, -0.2) is 4.98 Å². The van der Waals surface area contributed by atoms with E-state index in [4.69, 9.17) is 9.72 Å². The van der Waals surface area contributed by atoms with Crippen LogP contribution in [0.25, 0.3) is 11.1 Å². The second kappa shape index (κ2) is 9.63. The molecule has 37 heavy (non-hydrogen) atoms. The number of alkyl halides is 2. The molecule has 0 spiro atoms. The van der Waals surface area contributed by atoms with E-state index in [1.54, 1.807) is 17.2 Å². The fourth-order valence-electron chi connectivity index (χ4n) is 5.11. The van der Waals surface area contributed by atoms with Crippen LogP contribution in [-0.4, -0.2) is 41.5 Å². The first-order valence-corrected chi connectivity index (χ1v) is 12.3. The van der Waals surface area contributed by atoms with Crippen LogP contribution in [0.15, 0.2) is 48.8 Å². The first-order chi connectivity index (χ1) is 17.7. The van der Waals surface area contributed by atoms with Crippen LogP contribution in [0.2, 0.25) is 0 Å².